The first-order valence-corrected chi connectivity index (χ1v) is 6.28. The number of nitrogens with zero attached hydrogens (tertiary/aromatic N) is 2. The molecule has 1 heterocycles. The number of benzene rings is 1. The predicted molar refractivity (Wildman–Crippen MR) is 70.8 cm³/mol. The highest BCUT2D eigenvalue weighted by atomic mass is 16.5. The molecule has 0 atom stereocenters. The van der Waals surface area contributed by atoms with Crippen molar-refractivity contribution in [2.45, 2.75) is 19.6 Å². The first-order valence-electron chi connectivity index (χ1n) is 6.28. The Balaban J connectivity index is 1.71. The molecule has 0 bridgehead atoms. The molecule has 0 unspecified atom stereocenters. The van der Waals surface area contributed by atoms with Crippen molar-refractivity contribution in [1.29, 1.82) is 0 Å². The summed E-state index contributed by atoms with van der Waals surface area (Å²) >= 11 is 0. The van der Waals surface area contributed by atoms with Crippen molar-refractivity contribution in [2.24, 2.45) is 5.92 Å². The zero-order valence-corrected chi connectivity index (χ0v) is 10.2. The molecule has 1 aromatic carbocycles. The molecule has 4 heteroatoms. The average Bonchev–Trinajstić information content (AvgIpc) is 3.08. The molecule has 2 N–H and O–H groups in total. The summed E-state index contributed by atoms with van der Waals surface area (Å²) in [5.74, 6) is 1.71. The van der Waals surface area contributed by atoms with Crippen LogP contribution in [0.15, 0.2) is 36.7 Å². The molecule has 1 fully saturated rings. The van der Waals surface area contributed by atoms with E-state index in [2.05, 4.69) is 4.98 Å². The highest BCUT2D eigenvalue weighted by molar-refractivity contribution is 5.59. The minimum atomic E-state index is 0.566. The second-order valence-electron chi connectivity index (χ2n) is 4.79. The number of nitrogen functional groups attached to an aromatic ring is 1. The van der Waals surface area contributed by atoms with E-state index in [0.29, 0.717) is 6.73 Å². The van der Waals surface area contributed by atoms with E-state index in [1.54, 1.807) is 6.20 Å². The molecular weight excluding hydrogens is 226 g/mol. The van der Waals surface area contributed by atoms with Gasteiger partial charge in [0.1, 0.15) is 12.6 Å². The quantitative estimate of drug-likeness (QED) is 0.821. The molecule has 1 aromatic heterocycles. The summed E-state index contributed by atoms with van der Waals surface area (Å²) in [6, 6.07) is 7.74. The Bertz CT molecular complexity index is 514. The molecule has 4 nitrogen and oxygen atoms in total. The smallest absolute Gasteiger partial charge is 0.141 e. The zero-order valence-electron chi connectivity index (χ0n) is 10.2. The lowest BCUT2D eigenvalue weighted by molar-refractivity contribution is 0.0700. The molecule has 1 saturated carbocycles. The maximum Gasteiger partial charge on any atom is 0.141 e. The van der Waals surface area contributed by atoms with Gasteiger partial charge in [0.25, 0.3) is 0 Å². The van der Waals surface area contributed by atoms with Crippen LogP contribution in [0.4, 0.5) is 5.69 Å². The number of aromatic nitrogens is 2. The van der Waals surface area contributed by atoms with Gasteiger partial charge < -0.3 is 15.0 Å². The van der Waals surface area contributed by atoms with Gasteiger partial charge in [0.15, 0.2) is 0 Å². The molecule has 0 aliphatic heterocycles. The van der Waals surface area contributed by atoms with Gasteiger partial charge in [-0.15, -0.1) is 0 Å². The van der Waals surface area contributed by atoms with Crippen molar-refractivity contribution in [3.05, 3.63) is 36.7 Å². The maximum absolute atomic E-state index is 5.69. The lowest BCUT2D eigenvalue weighted by Crippen LogP contribution is -2.05. The Morgan fingerprint density at radius 3 is 2.78 bits per heavy atom. The summed E-state index contributed by atoms with van der Waals surface area (Å²) in [7, 11) is 0. The van der Waals surface area contributed by atoms with Crippen LogP contribution >= 0.6 is 0 Å². The lowest BCUT2D eigenvalue weighted by Gasteiger charge is -2.08. The Kier molecular flexibility index (Phi) is 3.02. The summed E-state index contributed by atoms with van der Waals surface area (Å²) in [6.45, 7) is 1.43. The largest absolute Gasteiger partial charge is 0.399 e. The normalized spacial score (nSPS) is 14.9. The van der Waals surface area contributed by atoms with Crippen molar-refractivity contribution >= 4 is 5.69 Å². The van der Waals surface area contributed by atoms with Gasteiger partial charge in [-0.3, -0.25) is 0 Å². The van der Waals surface area contributed by atoms with Gasteiger partial charge in [-0.2, -0.15) is 0 Å². The molecule has 0 saturated heterocycles. The number of nitrogens with two attached hydrogens (primary N) is 1. The van der Waals surface area contributed by atoms with Gasteiger partial charge in [0.2, 0.25) is 0 Å². The summed E-state index contributed by atoms with van der Waals surface area (Å²) in [5.41, 5.74) is 7.51. The van der Waals surface area contributed by atoms with Crippen LogP contribution in [0.5, 0.6) is 0 Å². The van der Waals surface area contributed by atoms with Crippen LogP contribution in [-0.4, -0.2) is 16.2 Å². The number of rotatable bonds is 5. The Hall–Kier alpha value is -1.81. The third kappa shape index (κ3) is 2.54. The van der Waals surface area contributed by atoms with Crippen molar-refractivity contribution in [3.8, 4) is 11.4 Å². The molecule has 1 aliphatic carbocycles. The van der Waals surface area contributed by atoms with E-state index in [1.807, 2.05) is 35.0 Å². The number of anilines is 1. The summed E-state index contributed by atoms with van der Waals surface area (Å²) in [6.07, 6.45) is 6.37. The Labute approximate surface area is 106 Å². The minimum Gasteiger partial charge on any atom is -0.399 e. The first kappa shape index (κ1) is 11.3. The van der Waals surface area contributed by atoms with Crippen molar-refractivity contribution in [2.75, 3.05) is 12.3 Å². The van der Waals surface area contributed by atoms with E-state index in [9.17, 15) is 0 Å². The average molecular weight is 243 g/mol. The van der Waals surface area contributed by atoms with Crippen LogP contribution in [0.1, 0.15) is 12.8 Å². The van der Waals surface area contributed by atoms with Crippen molar-refractivity contribution < 1.29 is 4.74 Å². The van der Waals surface area contributed by atoms with E-state index in [-0.39, 0.29) is 0 Å². The molecule has 18 heavy (non-hydrogen) atoms. The molecule has 94 valence electrons. The fourth-order valence-corrected chi connectivity index (χ4v) is 1.91. The molecule has 0 radical (unpaired) electrons. The maximum atomic E-state index is 5.69. The van der Waals surface area contributed by atoms with Crippen LogP contribution in [0, 0.1) is 5.92 Å². The summed E-state index contributed by atoms with van der Waals surface area (Å²) < 4.78 is 7.71. The molecule has 3 rings (SSSR count). The van der Waals surface area contributed by atoms with Gasteiger partial charge in [0, 0.05) is 23.6 Å². The zero-order chi connectivity index (χ0) is 12.4. The van der Waals surface area contributed by atoms with Crippen molar-refractivity contribution in [3.63, 3.8) is 0 Å². The van der Waals surface area contributed by atoms with Crippen LogP contribution < -0.4 is 5.73 Å². The lowest BCUT2D eigenvalue weighted by atomic mass is 10.2. The second-order valence-corrected chi connectivity index (χ2v) is 4.79. The van der Waals surface area contributed by atoms with Crippen LogP contribution in [-0.2, 0) is 11.5 Å². The Morgan fingerprint density at radius 1 is 1.28 bits per heavy atom. The van der Waals surface area contributed by atoms with Crippen LogP contribution in [0.2, 0.25) is 0 Å². The van der Waals surface area contributed by atoms with Gasteiger partial charge in [0.05, 0.1) is 6.61 Å². The fraction of sp³-hybridized carbons (Fsp3) is 0.357. The van der Waals surface area contributed by atoms with Crippen LogP contribution in [0.25, 0.3) is 11.4 Å². The highest BCUT2D eigenvalue weighted by Gasteiger charge is 2.21. The van der Waals surface area contributed by atoms with E-state index in [1.165, 1.54) is 12.8 Å². The molecule has 0 amide bonds. The molecule has 1 aliphatic rings. The van der Waals surface area contributed by atoms with Gasteiger partial charge in [-0.25, -0.2) is 4.98 Å². The Morgan fingerprint density at radius 2 is 2.06 bits per heavy atom. The number of imidazole rings is 1. The first-order chi connectivity index (χ1) is 8.83. The third-order valence-corrected chi connectivity index (χ3v) is 3.17. The summed E-state index contributed by atoms with van der Waals surface area (Å²) in [4.78, 5) is 4.37. The SMILES string of the molecule is Nc1ccc(-c2nccn2COCC2CC2)cc1. The number of hydrogen-bond donors (Lipinski definition) is 1. The minimum absolute atomic E-state index is 0.566. The molecule has 0 spiro atoms. The molecular formula is C14H17N3O. The number of hydrogen-bond acceptors (Lipinski definition) is 3. The third-order valence-electron chi connectivity index (χ3n) is 3.17. The second kappa shape index (κ2) is 4.82. The monoisotopic (exact) mass is 243 g/mol. The van der Waals surface area contributed by atoms with Gasteiger partial charge in [-0.05, 0) is 43.0 Å². The highest BCUT2D eigenvalue weighted by Crippen LogP contribution is 2.29. The standard InChI is InChI=1S/C14H17N3O/c15-13-5-3-12(4-6-13)14-16-7-8-17(14)10-18-9-11-1-2-11/h3-8,11H,1-2,9-10,15H2. The van der Waals surface area contributed by atoms with E-state index < -0.39 is 0 Å². The number of ether oxygens (including phenoxy) is 1. The molecule has 2 aromatic rings. The van der Waals surface area contributed by atoms with E-state index in [4.69, 9.17) is 10.5 Å². The fourth-order valence-electron chi connectivity index (χ4n) is 1.91. The predicted octanol–water partition coefficient (Wildman–Crippen LogP) is 2.52. The van der Waals surface area contributed by atoms with Crippen molar-refractivity contribution in [1.82, 2.24) is 9.55 Å². The van der Waals surface area contributed by atoms with E-state index >= 15 is 0 Å². The van der Waals surface area contributed by atoms with Gasteiger partial charge in [-0.1, -0.05) is 0 Å². The van der Waals surface area contributed by atoms with Crippen LogP contribution in [0.3, 0.4) is 0 Å². The van der Waals surface area contributed by atoms with E-state index in [0.717, 1.165) is 29.6 Å². The van der Waals surface area contributed by atoms with Gasteiger partial charge >= 0.3 is 0 Å². The summed E-state index contributed by atoms with van der Waals surface area (Å²) in [5, 5.41) is 0. The topological polar surface area (TPSA) is 53.1 Å².